The Morgan fingerprint density at radius 3 is 1.79 bits per heavy atom. The standard InChI is InChI=1S/C29H26BNO2/c1-28(2)29(3,4)33-30(32-28)26-18-24-19-11-5-6-12-20(19)25(27-15-9-10-16-31-27)17-23(24)21-13-7-8-14-22(21)26/h5-18H,1-4H3. The molecule has 0 unspecified atom stereocenters. The predicted molar refractivity (Wildman–Crippen MR) is 138 cm³/mol. The van der Waals surface area contributed by atoms with Gasteiger partial charge in [-0.25, -0.2) is 0 Å². The third kappa shape index (κ3) is 3.09. The second-order valence-electron chi connectivity index (χ2n) is 9.88. The molecule has 4 heteroatoms. The maximum Gasteiger partial charge on any atom is 0.495 e. The maximum atomic E-state index is 6.48. The molecule has 0 atom stereocenters. The second kappa shape index (κ2) is 7.15. The van der Waals surface area contributed by atoms with Crippen molar-refractivity contribution < 1.29 is 9.31 Å². The molecule has 0 amide bonds. The van der Waals surface area contributed by atoms with E-state index in [1.807, 2.05) is 18.3 Å². The summed E-state index contributed by atoms with van der Waals surface area (Å²) < 4.78 is 13.0. The Morgan fingerprint density at radius 2 is 1.15 bits per heavy atom. The summed E-state index contributed by atoms with van der Waals surface area (Å²) in [5.41, 5.74) is 2.42. The monoisotopic (exact) mass is 431 g/mol. The SMILES string of the molecule is CC1(C)OB(c2cc3c4ccccc4c(-c4ccccn4)cc3c3ccccc23)OC1(C)C. The molecule has 2 heterocycles. The largest absolute Gasteiger partial charge is 0.495 e. The van der Waals surface area contributed by atoms with E-state index in [1.165, 1.54) is 26.9 Å². The number of rotatable bonds is 2. The zero-order chi connectivity index (χ0) is 22.8. The summed E-state index contributed by atoms with van der Waals surface area (Å²) >= 11 is 0. The lowest BCUT2D eigenvalue weighted by Crippen LogP contribution is -2.41. The summed E-state index contributed by atoms with van der Waals surface area (Å²) in [6, 6.07) is 27.8. The number of hydrogen-bond acceptors (Lipinski definition) is 3. The van der Waals surface area contributed by atoms with Crippen LogP contribution < -0.4 is 5.46 Å². The highest BCUT2D eigenvalue weighted by atomic mass is 16.7. The Morgan fingerprint density at radius 1 is 0.606 bits per heavy atom. The molecular weight excluding hydrogens is 405 g/mol. The number of pyridine rings is 1. The number of fused-ring (bicyclic) bond motifs is 5. The van der Waals surface area contributed by atoms with Crippen molar-refractivity contribution in [2.45, 2.75) is 38.9 Å². The molecule has 0 N–H and O–H groups in total. The van der Waals surface area contributed by atoms with Gasteiger partial charge < -0.3 is 9.31 Å². The summed E-state index contributed by atoms with van der Waals surface area (Å²) in [5, 5.41) is 7.17. The van der Waals surface area contributed by atoms with Crippen LogP contribution in [0.5, 0.6) is 0 Å². The highest BCUT2D eigenvalue weighted by Gasteiger charge is 2.52. The molecule has 0 saturated carbocycles. The molecule has 6 rings (SSSR count). The average Bonchev–Trinajstić information content (AvgIpc) is 3.05. The van der Waals surface area contributed by atoms with Crippen LogP contribution in [0.25, 0.3) is 43.6 Å². The van der Waals surface area contributed by atoms with Crippen LogP contribution in [0, 0.1) is 0 Å². The summed E-state index contributed by atoms with van der Waals surface area (Å²) in [4.78, 5) is 4.66. The lowest BCUT2D eigenvalue weighted by Gasteiger charge is -2.32. The molecule has 162 valence electrons. The molecule has 0 radical (unpaired) electrons. The van der Waals surface area contributed by atoms with Gasteiger partial charge in [-0.15, -0.1) is 0 Å². The first-order chi connectivity index (χ1) is 15.9. The summed E-state index contributed by atoms with van der Waals surface area (Å²) in [5.74, 6) is 0. The average molecular weight is 431 g/mol. The highest BCUT2D eigenvalue weighted by molar-refractivity contribution is 6.66. The minimum Gasteiger partial charge on any atom is -0.399 e. The van der Waals surface area contributed by atoms with E-state index in [4.69, 9.17) is 9.31 Å². The van der Waals surface area contributed by atoms with Crippen molar-refractivity contribution in [2.75, 3.05) is 0 Å². The lowest BCUT2D eigenvalue weighted by molar-refractivity contribution is 0.00578. The van der Waals surface area contributed by atoms with Crippen LogP contribution in [0.15, 0.2) is 85.1 Å². The summed E-state index contributed by atoms with van der Waals surface area (Å²) in [6.07, 6.45) is 1.85. The van der Waals surface area contributed by atoms with Gasteiger partial charge in [0, 0.05) is 11.8 Å². The van der Waals surface area contributed by atoms with Crippen molar-refractivity contribution >= 4 is 44.9 Å². The molecule has 1 aliphatic heterocycles. The topological polar surface area (TPSA) is 31.4 Å². The van der Waals surface area contributed by atoms with Crippen LogP contribution in [0.3, 0.4) is 0 Å². The number of aromatic nitrogens is 1. The van der Waals surface area contributed by atoms with Gasteiger partial charge in [0.1, 0.15) is 0 Å². The summed E-state index contributed by atoms with van der Waals surface area (Å²) in [6.45, 7) is 8.41. The van der Waals surface area contributed by atoms with E-state index in [2.05, 4.69) is 99.4 Å². The van der Waals surface area contributed by atoms with Crippen molar-refractivity contribution in [1.29, 1.82) is 0 Å². The van der Waals surface area contributed by atoms with Crippen LogP contribution >= 0.6 is 0 Å². The molecule has 33 heavy (non-hydrogen) atoms. The Hall–Kier alpha value is -3.21. The van der Waals surface area contributed by atoms with Crippen molar-refractivity contribution in [1.82, 2.24) is 4.98 Å². The maximum absolute atomic E-state index is 6.48. The van der Waals surface area contributed by atoms with E-state index < -0.39 is 18.3 Å². The van der Waals surface area contributed by atoms with Crippen molar-refractivity contribution in [3.05, 3.63) is 85.1 Å². The van der Waals surface area contributed by atoms with Crippen molar-refractivity contribution in [3.8, 4) is 11.3 Å². The van der Waals surface area contributed by atoms with Gasteiger partial charge in [0.25, 0.3) is 0 Å². The van der Waals surface area contributed by atoms with Crippen LogP contribution in [0.1, 0.15) is 27.7 Å². The van der Waals surface area contributed by atoms with E-state index in [-0.39, 0.29) is 0 Å². The van der Waals surface area contributed by atoms with Gasteiger partial charge in [0.2, 0.25) is 0 Å². The summed E-state index contributed by atoms with van der Waals surface area (Å²) in [7, 11) is -0.418. The molecule has 0 aliphatic carbocycles. The minimum atomic E-state index is -0.418. The van der Waals surface area contributed by atoms with Gasteiger partial charge in [-0.05, 0) is 83.7 Å². The van der Waals surface area contributed by atoms with E-state index in [0.717, 1.165) is 22.1 Å². The first kappa shape index (κ1) is 20.4. The molecule has 0 spiro atoms. The van der Waals surface area contributed by atoms with E-state index in [9.17, 15) is 0 Å². The third-order valence-electron chi connectivity index (χ3n) is 7.36. The molecule has 3 nitrogen and oxygen atoms in total. The molecule has 0 bridgehead atoms. The fourth-order valence-electron chi connectivity index (χ4n) is 4.88. The second-order valence-corrected chi connectivity index (χ2v) is 9.88. The minimum absolute atomic E-state index is 0.390. The quantitative estimate of drug-likeness (QED) is 0.236. The van der Waals surface area contributed by atoms with E-state index >= 15 is 0 Å². The van der Waals surface area contributed by atoms with Crippen molar-refractivity contribution in [2.24, 2.45) is 0 Å². The van der Waals surface area contributed by atoms with Gasteiger partial charge >= 0.3 is 7.12 Å². The van der Waals surface area contributed by atoms with Gasteiger partial charge in [0.15, 0.2) is 0 Å². The van der Waals surface area contributed by atoms with Gasteiger partial charge in [-0.3, -0.25) is 4.98 Å². The number of nitrogens with zero attached hydrogens (tertiary/aromatic N) is 1. The molecule has 4 aromatic carbocycles. The molecule has 1 aliphatic rings. The Balaban J connectivity index is 1.70. The third-order valence-corrected chi connectivity index (χ3v) is 7.36. The fourth-order valence-corrected chi connectivity index (χ4v) is 4.88. The van der Waals surface area contributed by atoms with Crippen LogP contribution in [0.4, 0.5) is 0 Å². The smallest absolute Gasteiger partial charge is 0.399 e. The Kier molecular flexibility index (Phi) is 4.42. The molecule has 5 aromatic rings. The Labute approximate surface area is 194 Å². The highest BCUT2D eigenvalue weighted by Crippen LogP contribution is 2.40. The lowest BCUT2D eigenvalue weighted by atomic mass is 9.74. The molecular formula is C29H26BNO2. The normalized spacial score (nSPS) is 17.3. The fraction of sp³-hybridized carbons (Fsp3) is 0.207. The molecule has 1 saturated heterocycles. The number of hydrogen-bond donors (Lipinski definition) is 0. The predicted octanol–water partition coefficient (Wildman–Crippen LogP) is 6.51. The zero-order valence-electron chi connectivity index (χ0n) is 19.4. The van der Waals surface area contributed by atoms with Gasteiger partial charge in [-0.1, -0.05) is 60.7 Å². The first-order valence-corrected chi connectivity index (χ1v) is 11.5. The van der Waals surface area contributed by atoms with Gasteiger partial charge in [0.05, 0.1) is 16.9 Å². The van der Waals surface area contributed by atoms with Crippen LogP contribution in [-0.4, -0.2) is 23.3 Å². The molecule has 1 aromatic heterocycles. The van der Waals surface area contributed by atoms with Crippen LogP contribution in [0.2, 0.25) is 0 Å². The molecule has 1 fully saturated rings. The van der Waals surface area contributed by atoms with Crippen LogP contribution in [-0.2, 0) is 9.31 Å². The Bertz CT molecular complexity index is 1510. The van der Waals surface area contributed by atoms with E-state index in [0.29, 0.717) is 0 Å². The van der Waals surface area contributed by atoms with Gasteiger partial charge in [-0.2, -0.15) is 0 Å². The van der Waals surface area contributed by atoms with E-state index in [1.54, 1.807) is 0 Å². The van der Waals surface area contributed by atoms with Crippen molar-refractivity contribution in [3.63, 3.8) is 0 Å². The first-order valence-electron chi connectivity index (χ1n) is 11.5. The zero-order valence-corrected chi connectivity index (χ0v) is 19.4. The number of benzene rings is 4.